The average molecular weight is 361 g/mol. The van der Waals surface area contributed by atoms with Gasteiger partial charge in [0.15, 0.2) is 5.65 Å². The molecule has 0 spiro atoms. The summed E-state index contributed by atoms with van der Waals surface area (Å²) < 4.78 is 29.3. The van der Waals surface area contributed by atoms with Crippen LogP contribution in [0.15, 0.2) is 30.3 Å². The predicted octanol–water partition coefficient (Wildman–Crippen LogP) is 2.44. The molecule has 0 radical (unpaired) electrons. The van der Waals surface area contributed by atoms with Crippen molar-refractivity contribution < 1.29 is 18.7 Å². The summed E-state index contributed by atoms with van der Waals surface area (Å²) in [6.07, 6.45) is 0. The Kier molecular flexibility index (Phi) is 5.61. The maximum absolute atomic E-state index is 14.2. The molecule has 2 heterocycles. The SMILES string of the molecule is CC(=O)O.Cc1cc(F)c2c(C(=N)N)nn(Cc3ccccc3F)c2n1. The molecule has 3 aromatic rings. The van der Waals surface area contributed by atoms with E-state index in [1.54, 1.807) is 25.1 Å². The van der Waals surface area contributed by atoms with Gasteiger partial charge in [-0.25, -0.2) is 18.4 Å². The second kappa shape index (κ2) is 7.68. The van der Waals surface area contributed by atoms with Gasteiger partial charge in [0, 0.05) is 18.2 Å². The van der Waals surface area contributed by atoms with Crippen molar-refractivity contribution in [2.75, 3.05) is 0 Å². The van der Waals surface area contributed by atoms with E-state index >= 15 is 0 Å². The Bertz CT molecular complexity index is 981. The smallest absolute Gasteiger partial charge is 0.300 e. The van der Waals surface area contributed by atoms with Crippen LogP contribution < -0.4 is 5.73 Å². The molecule has 0 saturated carbocycles. The zero-order valence-corrected chi connectivity index (χ0v) is 14.1. The van der Waals surface area contributed by atoms with Gasteiger partial charge in [0.1, 0.15) is 23.2 Å². The van der Waals surface area contributed by atoms with Crippen molar-refractivity contribution in [3.05, 3.63) is 58.9 Å². The van der Waals surface area contributed by atoms with Crippen molar-refractivity contribution in [2.24, 2.45) is 5.73 Å². The minimum absolute atomic E-state index is 0.0105. The maximum atomic E-state index is 14.2. The number of carboxylic acid groups (broad SMARTS) is 1. The summed E-state index contributed by atoms with van der Waals surface area (Å²) in [5.41, 5.74) is 6.58. The number of benzene rings is 1. The van der Waals surface area contributed by atoms with Gasteiger partial charge < -0.3 is 10.8 Å². The second-order valence-electron chi connectivity index (χ2n) is 5.47. The Morgan fingerprint density at radius 2 is 1.92 bits per heavy atom. The Morgan fingerprint density at radius 3 is 2.50 bits per heavy atom. The number of nitrogens with two attached hydrogens (primary N) is 1. The van der Waals surface area contributed by atoms with Gasteiger partial charge in [0.25, 0.3) is 5.97 Å². The largest absolute Gasteiger partial charge is 0.481 e. The lowest BCUT2D eigenvalue weighted by Crippen LogP contribution is -2.13. The molecule has 0 bridgehead atoms. The van der Waals surface area contributed by atoms with E-state index in [-0.39, 0.29) is 34.9 Å². The summed E-state index contributed by atoms with van der Waals surface area (Å²) in [4.78, 5) is 13.3. The molecule has 1 aromatic carbocycles. The number of carbonyl (C=O) groups is 1. The van der Waals surface area contributed by atoms with E-state index in [9.17, 15) is 8.78 Å². The van der Waals surface area contributed by atoms with Gasteiger partial charge in [-0.05, 0) is 19.1 Å². The third-order valence-corrected chi connectivity index (χ3v) is 3.32. The zero-order valence-electron chi connectivity index (χ0n) is 14.1. The summed E-state index contributed by atoms with van der Waals surface area (Å²) in [6.45, 7) is 2.81. The van der Waals surface area contributed by atoms with E-state index in [4.69, 9.17) is 21.0 Å². The number of nitrogens with zero attached hydrogens (tertiary/aromatic N) is 3. The lowest BCUT2D eigenvalue weighted by atomic mass is 10.2. The highest BCUT2D eigenvalue weighted by molar-refractivity contribution is 6.04. The number of pyridine rings is 1. The number of hydrogen-bond acceptors (Lipinski definition) is 4. The first-order valence-electron chi connectivity index (χ1n) is 7.51. The van der Waals surface area contributed by atoms with E-state index in [1.807, 2.05) is 0 Å². The number of halogens is 2. The molecule has 3 rings (SSSR count). The van der Waals surface area contributed by atoms with Gasteiger partial charge in [-0.1, -0.05) is 18.2 Å². The minimum Gasteiger partial charge on any atom is -0.481 e. The fraction of sp³-hybridized carbons (Fsp3) is 0.176. The molecule has 0 amide bonds. The average Bonchev–Trinajstić information content (AvgIpc) is 2.88. The van der Waals surface area contributed by atoms with Crippen LogP contribution in [0.25, 0.3) is 11.0 Å². The first kappa shape index (κ1) is 19.0. The molecular formula is C17H17F2N5O2. The van der Waals surface area contributed by atoms with Crippen LogP contribution >= 0.6 is 0 Å². The third kappa shape index (κ3) is 4.18. The molecule has 0 unspecified atom stereocenters. The summed E-state index contributed by atoms with van der Waals surface area (Å²) in [7, 11) is 0. The van der Waals surface area contributed by atoms with Crippen molar-refractivity contribution in [3.8, 4) is 0 Å². The van der Waals surface area contributed by atoms with E-state index in [2.05, 4.69) is 10.1 Å². The van der Waals surface area contributed by atoms with Crippen LogP contribution in [0.5, 0.6) is 0 Å². The number of aryl methyl sites for hydroxylation is 1. The number of aromatic nitrogens is 3. The number of amidine groups is 1. The van der Waals surface area contributed by atoms with Crippen LogP contribution in [0, 0.1) is 24.0 Å². The summed E-state index contributed by atoms with van der Waals surface area (Å²) in [5.74, 6) is -2.13. The fourth-order valence-electron chi connectivity index (χ4n) is 2.33. The Labute approximate surface area is 147 Å². The molecule has 2 aromatic heterocycles. The highest BCUT2D eigenvalue weighted by Crippen LogP contribution is 2.22. The molecule has 136 valence electrons. The number of rotatable bonds is 3. The molecule has 0 saturated heterocycles. The van der Waals surface area contributed by atoms with Crippen molar-refractivity contribution in [1.82, 2.24) is 14.8 Å². The quantitative estimate of drug-likeness (QED) is 0.489. The zero-order chi connectivity index (χ0) is 19.4. The number of aliphatic carboxylic acids is 1. The summed E-state index contributed by atoms with van der Waals surface area (Å²) in [5, 5.41) is 19.2. The summed E-state index contributed by atoms with van der Waals surface area (Å²) in [6, 6.07) is 7.50. The Hall–Kier alpha value is -3.36. The minimum atomic E-state index is -0.833. The standard InChI is InChI=1S/C15H13F2N5.C2H4O2/c1-8-6-11(17)12-13(14(18)19)21-22(15(12)20-8)7-9-4-2-3-5-10(9)16;1-2(3)4/h2-6H,7H2,1H3,(H3,18,19);1H3,(H,3,4). The van der Waals surface area contributed by atoms with Crippen LogP contribution in [0.1, 0.15) is 23.9 Å². The van der Waals surface area contributed by atoms with Crippen LogP contribution in [0.2, 0.25) is 0 Å². The highest BCUT2D eigenvalue weighted by Gasteiger charge is 2.19. The highest BCUT2D eigenvalue weighted by atomic mass is 19.1. The van der Waals surface area contributed by atoms with Crippen molar-refractivity contribution >= 4 is 22.8 Å². The molecule has 9 heteroatoms. The molecular weight excluding hydrogens is 344 g/mol. The van der Waals surface area contributed by atoms with E-state index < -0.39 is 11.8 Å². The van der Waals surface area contributed by atoms with Gasteiger partial charge >= 0.3 is 0 Å². The normalized spacial score (nSPS) is 10.3. The van der Waals surface area contributed by atoms with Crippen molar-refractivity contribution in [2.45, 2.75) is 20.4 Å². The fourth-order valence-corrected chi connectivity index (χ4v) is 2.33. The van der Waals surface area contributed by atoms with Crippen LogP contribution in [0.4, 0.5) is 8.78 Å². The van der Waals surface area contributed by atoms with E-state index in [0.717, 1.165) is 6.92 Å². The number of carboxylic acids is 1. The summed E-state index contributed by atoms with van der Waals surface area (Å²) >= 11 is 0. The Balaban J connectivity index is 0.000000552. The molecule has 0 fully saturated rings. The van der Waals surface area contributed by atoms with Crippen molar-refractivity contribution in [1.29, 1.82) is 5.41 Å². The third-order valence-electron chi connectivity index (χ3n) is 3.32. The topological polar surface area (TPSA) is 118 Å². The molecule has 4 N–H and O–H groups in total. The molecule has 0 aliphatic carbocycles. The molecule has 7 nitrogen and oxygen atoms in total. The molecule has 0 atom stereocenters. The van der Waals surface area contributed by atoms with Crippen LogP contribution in [-0.2, 0) is 11.3 Å². The lowest BCUT2D eigenvalue weighted by molar-refractivity contribution is -0.134. The second-order valence-corrected chi connectivity index (χ2v) is 5.47. The van der Waals surface area contributed by atoms with Gasteiger partial charge in [0.2, 0.25) is 0 Å². The Morgan fingerprint density at radius 1 is 1.31 bits per heavy atom. The number of nitrogen functional groups attached to an aromatic ring is 1. The number of nitrogens with one attached hydrogen (secondary N) is 1. The van der Waals surface area contributed by atoms with E-state index in [0.29, 0.717) is 11.3 Å². The first-order valence-corrected chi connectivity index (χ1v) is 7.51. The predicted molar refractivity (Wildman–Crippen MR) is 92.1 cm³/mol. The first-order chi connectivity index (χ1) is 12.2. The number of hydrogen-bond donors (Lipinski definition) is 3. The van der Waals surface area contributed by atoms with Crippen molar-refractivity contribution in [3.63, 3.8) is 0 Å². The lowest BCUT2D eigenvalue weighted by Gasteiger charge is -2.05. The molecule has 0 aliphatic heterocycles. The van der Waals surface area contributed by atoms with Gasteiger partial charge in [0.05, 0.1) is 11.9 Å². The van der Waals surface area contributed by atoms with E-state index in [1.165, 1.54) is 16.8 Å². The van der Waals surface area contributed by atoms with Crippen LogP contribution in [-0.4, -0.2) is 31.7 Å². The van der Waals surface area contributed by atoms with Gasteiger partial charge in [-0.15, -0.1) is 0 Å². The van der Waals surface area contributed by atoms with Gasteiger partial charge in [-0.2, -0.15) is 5.10 Å². The molecule has 26 heavy (non-hydrogen) atoms. The van der Waals surface area contributed by atoms with Crippen LogP contribution in [0.3, 0.4) is 0 Å². The maximum Gasteiger partial charge on any atom is 0.300 e. The monoisotopic (exact) mass is 361 g/mol. The number of fused-ring (bicyclic) bond motifs is 1. The van der Waals surface area contributed by atoms with Gasteiger partial charge in [-0.3, -0.25) is 10.2 Å². The molecule has 0 aliphatic rings.